The van der Waals surface area contributed by atoms with Crippen molar-refractivity contribution in [1.29, 1.82) is 0 Å². The molecule has 33 heavy (non-hydrogen) atoms. The van der Waals surface area contributed by atoms with Crippen LogP contribution in [0.3, 0.4) is 0 Å². The predicted octanol–water partition coefficient (Wildman–Crippen LogP) is 6.27. The van der Waals surface area contributed by atoms with Crippen LogP contribution >= 0.6 is 0 Å². The van der Waals surface area contributed by atoms with Gasteiger partial charge in [0.15, 0.2) is 6.10 Å². The van der Waals surface area contributed by atoms with Crippen molar-refractivity contribution in [3.63, 3.8) is 0 Å². The third-order valence-corrected chi connectivity index (χ3v) is 4.69. The molecular formula is C24H17F5O4. The van der Waals surface area contributed by atoms with Crippen molar-refractivity contribution in [1.82, 2.24) is 0 Å². The first kappa shape index (κ1) is 23.9. The van der Waals surface area contributed by atoms with E-state index < -0.39 is 47.0 Å². The standard InChI is InChI=1S/C24H17F5O4/c1-13-3-5-15(6-4-13)16-7-9-18(20(25)11-16)23(31)33-17-8-10-19(21(26)12-17)22(30)32-14(2)24(27,28)29/h3-12,14H,1-2H3. The van der Waals surface area contributed by atoms with Crippen LogP contribution in [0.1, 0.15) is 33.2 Å². The Kier molecular flexibility index (Phi) is 6.81. The van der Waals surface area contributed by atoms with Crippen molar-refractivity contribution in [2.75, 3.05) is 0 Å². The van der Waals surface area contributed by atoms with Gasteiger partial charge in [0.25, 0.3) is 0 Å². The zero-order valence-electron chi connectivity index (χ0n) is 17.4. The highest BCUT2D eigenvalue weighted by Crippen LogP contribution is 2.26. The molecule has 0 saturated heterocycles. The maximum atomic E-state index is 14.5. The SMILES string of the molecule is Cc1ccc(-c2ccc(C(=O)Oc3ccc(C(=O)OC(C)C(F)(F)F)c(F)c3)c(F)c2)cc1. The minimum absolute atomic E-state index is 0.375. The predicted molar refractivity (Wildman–Crippen MR) is 109 cm³/mol. The van der Waals surface area contributed by atoms with Gasteiger partial charge >= 0.3 is 18.1 Å². The second-order valence-electron chi connectivity index (χ2n) is 7.18. The summed E-state index contributed by atoms with van der Waals surface area (Å²) < 4.78 is 75.3. The molecular weight excluding hydrogens is 447 g/mol. The largest absolute Gasteiger partial charge is 0.449 e. The second kappa shape index (κ2) is 9.40. The Labute approximate surface area is 185 Å². The fourth-order valence-corrected chi connectivity index (χ4v) is 2.78. The van der Waals surface area contributed by atoms with Gasteiger partial charge in [0.1, 0.15) is 17.4 Å². The summed E-state index contributed by atoms with van der Waals surface area (Å²) in [6.45, 7) is 2.51. The smallest absolute Gasteiger partial charge is 0.425 e. The molecule has 172 valence electrons. The van der Waals surface area contributed by atoms with Crippen molar-refractivity contribution in [3.8, 4) is 16.9 Å². The molecule has 0 spiro atoms. The molecule has 1 unspecified atom stereocenters. The van der Waals surface area contributed by atoms with Crippen molar-refractivity contribution < 1.29 is 41.0 Å². The van der Waals surface area contributed by atoms with Gasteiger partial charge in [0.05, 0.1) is 11.1 Å². The normalized spacial score (nSPS) is 12.2. The summed E-state index contributed by atoms with van der Waals surface area (Å²) >= 11 is 0. The van der Waals surface area contributed by atoms with E-state index in [-0.39, 0.29) is 5.75 Å². The number of hydrogen-bond donors (Lipinski definition) is 0. The number of halogens is 5. The lowest BCUT2D eigenvalue weighted by Gasteiger charge is -2.16. The topological polar surface area (TPSA) is 52.6 Å². The van der Waals surface area contributed by atoms with E-state index in [9.17, 15) is 31.5 Å². The van der Waals surface area contributed by atoms with Crippen LogP contribution in [-0.2, 0) is 4.74 Å². The molecule has 0 aliphatic rings. The molecule has 9 heteroatoms. The van der Waals surface area contributed by atoms with E-state index in [0.717, 1.165) is 29.3 Å². The summed E-state index contributed by atoms with van der Waals surface area (Å²) in [6.07, 6.45) is -7.24. The van der Waals surface area contributed by atoms with Crippen LogP contribution in [0.15, 0.2) is 60.7 Å². The summed E-state index contributed by atoms with van der Waals surface area (Å²) in [7, 11) is 0. The van der Waals surface area contributed by atoms with Gasteiger partial charge in [-0.2, -0.15) is 13.2 Å². The zero-order valence-corrected chi connectivity index (χ0v) is 17.4. The highest BCUT2D eigenvalue weighted by Gasteiger charge is 2.39. The quantitative estimate of drug-likeness (QED) is 0.254. The van der Waals surface area contributed by atoms with E-state index in [2.05, 4.69) is 4.74 Å². The highest BCUT2D eigenvalue weighted by molar-refractivity contribution is 5.93. The van der Waals surface area contributed by atoms with Crippen LogP contribution in [0.4, 0.5) is 22.0 Å². The van der Waals surface area contributed by atoms with Gasteiger partial charge in [-0.05, 0) is 49.2 Å². The minimum Gasteiger partial charge on any atom is -0.449 e. The van der Waals surface area contributed by atoms with E-state index >= 15 is 0 Å². The molecule has 4 nitrogen and oxygen atoms in total. The molecule has 0 aromatic heterocycles. The Bertz CT molecular complexity index is 1190. The number of esters is 2. The van der Waals surface area contributed by atoms with Gasteiger partial charge in [-0.3, -0.25) is 0 Å². The molecule has 3 aromatic rings. The van der Waals surface area contributed by atoms with Crippen LogP contribution in [0.25, 0.3) is 11.1 Å². The molecule has 0 aliphatic carbocycles. The Morgan fingerprint density at radius 1 is 0.788 bits per heavy atom. The molecule has 0 aliphatic heterocycles. The van der Waals surface area contributed by atoms with E-state index in [0.29, 0.717) is 18.6 Å². The van der Waals surface area contributed by atoms with Crippen LogP contribution in [-0.4, -0.2) is 24.2 Å². The van der Waals surface area contributed by atoms with Crippen LogP contribution in [0, 0.1) is 18.6 Å². The number of ether oxygens (including phenoxy) is 2. The monoisotopic (exact) mass is 464 g/mol. The molecule has 0 radical (unpaired) electrons. The number of rotatable bonds is 5. The van der Waals surface area contributed by atoms with E-state index in [1.165, 1.54) is 12.1 Å². The molecule has 0 N–H and O–H groups in total. The first-order valence-electron chi connectivity index (χ1n) is 9.61. The number of aryl methyl sites for hydroxylation is 1. The van der Waals surface area contributed by atoms with Crippen molar-refractivity contribution in [3.05, 3.63) is 89.0 Å². The van der Waals surface area contributed by atoms with Gasteiger partial charge in [-0.25, -0.2) is 18.4 Å². The number of benzene rings is 3. The maximum Gasteiger partial charge on any atom is 0.425 e. The highest BCUT2D eigenvalue weighted by atomic mass is 19.4. The van der Waals surface area contributed by atoms with Crippen LogP contribution in [0.5, 0.6) is 5.75 Å². The summed E-state index contributed by atoms with van der Waals surface area (Å²) in [5.74, 6) is -5.16. The Morgan fingerprint density at radius 3 is 1.91 bits per heavy atom. The van der Waals surface area contributed by atoms with Crippen molar-refractivity contribution >= 4 is 11.9 Å². The Balaban J connectivity index is 1.73. The molecule has 1 atom stereocenters. The fraction of sp³-hybridized carbons (Fsp3) is 0.167. The van der Waals surface area contributed by atoms with E-state index in [1.54, 1.807) is 12.1 Å². The summed E-state index contributed by atoms with van der Waals surface area (Å²) in [6, 6.07) is 13.6. The van der Waals surface area contributed by atoms with Crippen LogP contribution in [0.2, 0.25) is 0 Å². The van der Waals surface area contributed by atoms with Crippen molar-refractivity contribution in [2.45, 2.75) is 26.1 Å². The molecule has 3 rings (SSSR count). The average Bonchev–Trinajstić information content (AvgIpc) is 2.73. The summed E-state index contributed by atoms with van der Waals surface area (Å²) in [5, 5.41) is 0. The third kappa shape index (κ3) is 5.74. The second-order valence-corrected chi connectivity index (χ2v) is 7.18. The minimum atomic E-state index is -4.80. The maximum absolute atomic E-state index is 14.5. The zero-order chi connectivity index (χ0) is 24.3. The average molecular weight is 464 g/mol. The molecule has 3 aromatic carbocycles. The van der Waals surface area contributed by atoms with Crippen molar-refractivity contribution in [2.24, 2.45) is 0 Å². The first-order chi connectivity index (χ1) is 15.5. The number of alkyl halides is 3. The Hall–Kier alpha value is -3.75. The van der Waals surface area contributed by atoms with Gasteiger partial charge < -0.3 is 9.47 Å². The number of carbonyl (C=O) groups is 2. The third-order valence-electron chi connectivity index (χ3n) is 4.69. The van der Waals surface area contributed by atoms with Gasteiger partial charge in [-0.1, -0.05) is 35.9 Å². The molecule has 0 amide bonds. The van der Waals surface area contributed by atoms with E-state index in [1.807, 2.05) is 19.1 Å². The van der Waals surface area contributed by atoms with Gasteiger partial charge in [-0.15, -0.1) is 0 Å². The summed E-state index contributed by atoms with van der Waals surface area (Å²) in [4.78, 5) is 24.1. The lowest BCUT2D eigenvalue weighted by atomic mass is 10.0. The number of hydrogen-bond acceptors (Lipinski definition) is 4. The molecule has 0 bridgehead atoms. The fourth-order valence-electron chi connectivity index (χ4n) is 2.78. The lowest BCUT2D eigenvalue weighted by Crippen LogP contribution is -2.31. The van der Waals surface area contributed by atoms with Gasteiger partial charge in [0, 0.05) is 6.07 Å². The Morgan fingerprint density at radius 2 is 1.33 bits per heavy atom. The van der Waals surface area contributed by atoms with Crippen LogP contribution < -0.4 is 4.74 Å². The molecule has 0 saturated carbocycles. The summed E-state index contributed by atoms with van der Waals surface area (Å²) in [5.41, 5.74) is 1.11. The molecule has 0 fully saturated rings. The molecule has 0 heterocycles. The number of carbonyl (C=O) groups excluding carboxylic acids is 2. The lowest BCUT2D eigenvalue weighted by molar-refractivity contribution is -0.198. The van der Waals surface area contributed by atoms with Gasteiger partial charge in [0.2, 0.25) is 0 Å². The van der Waals surface area contributed by atoms with E-state index in [4.69, 9.17) is 4.74 Å². The first-order valence-corrected chi connectivity index (χ1v) is 9.61.